The highest BCUT2D eigenvalue weighted by Gasteiger charge is 2.12. The number of para-hydroxylation sites is 1. The fraction of sp³-hybridized carbons (Fsp3) is 0.100. The average molecular weight is 351 g/mol. The molecule has 3 rings (SSSR count). The lowest BCUT2D eigenvalue weighted by atomic mass is 10.1. The first-order chi connectivity index (χ1) is 12.5. The van der Waals surface area contributed by atoms with Crippen LogP contribution in [0.2, 0.25) is 0 Å². The molecule has 0 aliphatic heterocycles. The van der Waals surface area contributed by atoms with E-state index in [4.69, 9.17) is 9.47 Å². The van der Waals surface area contributed by atoms with Crippen LogP contribution in [-0.2, 0) is 0 Å². The first-order valence-electron chi connectivity index (χ1n) is 7.79. The van der Waals surface area contributed by atoms with Crippen LogP contribution in [0.25, 0.3) is 23.1 Å². The summed E-state index contributed by atoms with van der Waals surface area (Å²) in [6.07, 6.45) is 3.44. The second-order valence-electron chi connectivity index (χ2n) is 5.52. The fourth-order valence-corrected chi connectivity index (χ4v) is 2.65. The number of pyridine rings is 1. The largest absolute Gasteiger partial charge is 0.502 e. The van der Waals surface area contributed by atoms with Crippen molar-refractivity contribution in [1.82, 2.24) is 4.98 Å². The second kappa shape index (κ2) is 7.14. The summed E-state index contributed by atoms with van der Waals surface area (Å²) >= 11 is 0. The molecule has 0 unspecified atom stereocenters. The minimum atomic E-state index is -1.01. The summed E-state index contributed by atoms with van der Waals surface area (Å²) in [4.78, 5) is 16.0. The molecule has 0 saturated carbocycles. The molecule has 0 spiro atoms. The number of carbonyl (C=O) groups is 1. The van der Waals surface area contributed by atoms with Crippen molar-refractivity contribution in [3.8, 4) is 17.2 Å². The molecule has 0 atom stereocenters. The number of rotatable bonds is 5. The van der Waals surface area contributed by atoms with Crippen LogP contribution in [0, 0.1) is 0 Å². The van der Waals surface area contributed by atoms with Gasteiger partial charge in [-0.25, -0.2) is 9.78 Å². The third-order valence-corrected chi connectivity index (χ3v) is 3.92. The Morgan fingerprint density at radius 3 is 2.31 bits per heavy atom. The van der Waals surface area contributed by atoms with Gasteiger partial charge in [-0.1, -0.05) is 24.3 Å². The van der Waals surface area contributed by atoms with E-state index in [2.05, 4.69) is 4.98 Å². The molecule has 2 aromatic carbocycles. The van der Waals surface area contributed by atoms with Crippen LogP contribution in [0.1, 0.15) is 21.6 Å². The lowest BCUT2D eigenvalue weighted by Crippen LogP contribution is -2.00. The number of hydrogen-bond acceptors (Lipinski definition) is 5. The van der Waals surface area contributed by atoms with Gasteiger partial charge in [0.05, 0.1) is 31.0 Å². The lowest BCUT2D eigenvalue weighted by molar-refractivity contribution is 0.0699. The summed E-state index contributed by atoms with van der Waals surface area (Å²) in [5.74, 6) is -0.529. The monoisotopic (exact) mass is 351 g/mol. The molecule has 0 amide bonds. The predicted octanol–water partition coefficient (Wildman–Crippen LogP) is 3.83. The number of methoxy groups -OCH3 is 2. The number of phenolic OH excluding ortho intramolecular Hbond substituents is 1. The molecular weight excluding hydrogens is 334 g/mol. The highest BCUT2D eigenvalue weighted by molar-refractivity contribution is 6.03. The Bertz CT molecular complexity index is 985. The summed E-state index contributed by atoms with van der Waals surface area (Å²) in [5, 5.41) is 20.0. The van der Waals surface area contributed by atoms with Gasteiger partial charge in [-0.05, 0) is 35.9 Å². The molecule has 0 radical (unpaired) electrons. The molecule has 6 heteroatoms. The van der Waals surface area contributed by atoms with Crippen LogP contribution in [0.3, 0.4) is 0 Å². The van der Waals surface area contributed by atoms with Crippen LogP contribution in [0.15, 0.2) is 42.5 Å². The van der Waals surface area contributed by atoms with Gasteiger partial charge in [0.15, 0.2) is 11.5 Å². The molecule has 0 saturated heterocycles. The molecule has 6 nitrogen and oxygen atoms in total. The zero-order valence-corrected chi connectivity index (χ0v) is 14.3. The number of phenols is 1. The van der Waals surface area contributed by atoms with Crippen molar-refractivity contribution in [1.29, 1.82) is 0 Å². The number of carboxylic acid groups (broad SMARTS) is 1. The van der Waals surface area contributed by atoms with Gasteiger partial charge in [0.2, 0.25) is 5.75 Å². The number of ether oxygens (including phenoxy) is 2. The number of fused-ring (bicyclic) bond motifs is 1. The highest BCUT2D eigenvalue weighted by Crippen LogP contribution is 2.37. The average Bonchev–Trinajstić information content (AvgIpc) is 2.66. The molecule has 0 aliphatic carbocycles. The highest BCUT2D eigenvalue weighted by atomic mass is 16.5. The Hall–Kier alpha value is -3.54. The van der Waals surface area contributed by atoms with E-state index in [1.54, 1.807) is 42.5 Å². The number of hydrogen-bond donors (Lipinski definition) is 2. The second-order valence-corrected chi connectivity index (χ2v) is 5.52. The van der Waals surface area contributed by atoms with E-state index in [9.17, 15) is 15.0 Å². The summed E-state index contributed by atoms with van der Waals surface area (Å²) in [6, 6.07) is 11.9. The van der Waals surface area contributed by atoms with Gasteiger partial charge >= 0.3 is 5.97 Å². The Kier molecular flexibility index (Phi) is 4.75. The van der Waals surface area contributed by atoms with Gasteiger partial charge in [-0.15, -0.1) is 0 Å². The molecule has 1 aromatic heterocycles. The van der Waals surface area contributed by atoms with Gasteiger partial charge in [0.25, 0.3) is 0 Å². The topological polar surface area (TPSA) is 88.9 Å². The summed E-state index contributed by atoms with van der Waals surface area (Å²) in [6.45, 7) is 0. The Balaban J connectivity index is 2.05. The van der Waals surface area contributed by atoms with Crippen LogP contribution in [0.5, 0.6) is 17.2 Å². The van der Waals surface area contributed by atoms with Crippen LogP contribution in [0.4, 0.5) is 0 Å². The standard InChI is InChI=1S/C20H17NO5/c1-25-17-9-12(10-18(26-2)19(17)22)7-8-13-11-15(20(23)24)14-5-3-4-6-16(14)21-13/h3-11,22H,1-2H3,(H,23,24)/b8-7+. The van der Waals surface area contributed by atoms with E-state index in [0.717, 1.165) is 0 Å². The number of aromatic nitrogens is 1. The van der Waals surface area contributed by atoms with Crippen molar-refractivity contribution in [2.24, 2.45) is 0 Å². The van der Waals surface area contributed by atoms with E-state index in [0.29, 0.717) is 22.2 Å². The zero-order valence-electron chi connectivity index (χ0n) is 14.3. The van der Waals surface area contributed by atoms with Crippen LogP contribution < -0.4 is 9.47 Å². The first kappa shape index (κ1) is 17.3. The summed E-state index contributed by atoms with van der Waals surface area (Å²) in [5.41, 5.74) is 2.01. The first-order valence-corrected chi connectivity index (χ1v) is 7.79. The molecule has 3 aromatic rings. The quantitative estimate of drug-likeness (QED) is 0.726. The predicted molar refractivity (Wildman–Crippen MR) is 98.8 cm³/mol. The third-order valence-electron chi connectivity index (χ3n) is 3.92. The lowest BCUT2D eigenvalue weighted by Gasteiger charge is -2.09. The minimum Gasteiger partial charge on any atom is -0.502 e. The van der Waals surface area contributed by atoms with Crippen molar-refractivity contribution in [3.63, 3.8) is 0 Å². The number of benzene rings is 2. The number of aromatic hydroxyl groups is 1. The van der Waals surface area contributed by atoms with Crippen molar-refractivity contribution in [2.45, 2.75) is 0 Å². The van der Waals surface area contributed by atoms with Crippen LogP contribution >= 0.6 is 0 Å². The maximum Gasteiger partial charge on any atom is 0.336 e. The number of aromatic carboxylic acids is 1. The Morgan fingerprint density at radius 2 is 1.69 bits per heavy atom. The molecule has 132 valence electrons. The van der Waals surface area contributed by atoms with E-state index in [-0.39, 0.29) is 22.8 Å². The molecule has 0 aliphatic rings. The smallest absolute Gasteiger partial charge is 0.336 e. The van der Waals surface area contributed by atoms with Gasteiger partial charge in [0, 0.05) is 5.39 Å². The molecule has 26 heavy (non-hydrogen) atoms. The van der Waals surface area contributed by atoms with Gasteiger partial charge in [-0.3, -0.25) is 0 Å². The molecule has 1 heterocycles. The maximum atomic E-state index is 11.5. The van der Waals surface area contributed by atoms with E-state index < -0.39 is 5.97 Å². The van der Waals surface area contributed by atoms with Gasteiger partial charge < -0.3 is 19.7 Å². The van der Waals surface area contributed by atoms with Crippen molar-refractivity contribution < 1.29 is 24.5 Å². The van der Waals surface area contributed by atoms with Gasteiger partial charge in [-0.2, -0.15) is 0 Å². The molecule has 2 N–H and O–H groups in total. The van der Waals surface area contributed by atoms with Gasteiger partial charge in [0.1, 0.15) is 0 Å². The van der Waals surface area contributed by atoms with Crippen molar-refractivity contribution >= 4 is 29.0 Å². The van der Waals surface area contributed by atoms with E-state index in [1.165, 1.54) is 20.3 Å². The Morgan fingerprint density at radius 1 is 1.04 bits per heavy atom. The van der Waals surface area contributed by atoms with Crippen molar-refractivity contribution in [2.75, 3.05) is 14.2 Å². The summed E-state index contributed by atoms with van der Waals surface area (Å²) < 4.78 is 10.3. The zero-order chi connectivity index (χ0) is 18.7. The SMILES string of the molecule is COc1cc(/C=C/c2cc(C(=O)O)c3ccccc3n2)cc(OC)c1O. The maximum absolute atomic E-state index is 11.5. The molecule has 0 fully saturated rings. The van der Waals surface area contributed by atoms with Crippen molar-refractivity contribution in [3.05, 3.63) is 59.3 Å². The molecular formula is C20H17NO5. The Labute approximate surface area is 150 Å². The van der Waals surface area contributed by atoms with E-state index >= 15 is 0 Å². The van der Waals surface area contributed by atoms with Crippen LogP contribution in [-0.4, -0.2) is 35.4 Å². The normalized spacial score (nSPS) is 11.0. The summed E-state index contributed by atoms with van der Waals surface area (Å²) in [7, 11) is 2.90. The minimum absolute atomic E-state index is 0.0795. The molecule has 0 bridgehead atoms. The number of carboxylic acids is 1. The fourth-order valence-electron chi connectivity index (χ4n) is 2.65. The van der Waals surface area contributed by atoms with E-state index in [1.807, 2.05) is 6.07 Å². The number of nitrogens with zero attached hydrogens (tertiary/aromatic N) is 1. The third kappa shape index (κ3) is 3.30.